The van der Waals surface area contributed by atoms with E-state index in [1.165, 1.54) is 18.2 Å². The van der Waals surface area contributed by atoms with Crippen LogP contribution in [-0.4, -0.2) is 41.2 Å². The number of aromatic nitrogens is 1. The molecule has 3 aromatic rings. The number of carbonyl (C=O) groups is 1. The van der Waals surface area contributed by atoms with Crippen molar-refractivity contribution in [2.45, 2.75) is 37.3 Å². The minimum absolute atomic E-state index is 0.0575. The summed E-state index contributed by atoms with van der Waals surface area (Å²) in [4.78, 5) is 15.4. The smallest absolute Gasteiger partial charge is 0.239 e. The lowest BCUT2D eigenvalue weighted by atomic mass is 9.70. The van der Waals surface area contributed by atoms with Crippen LogP contribution in [0.5, 0.6) is 0 Å². The maximum atomic E-state index is 14.5. The van der Waals surface area contributed by atoms with Gasteiger partial charge < -0.3 is 20.7 Å². The molecule has 1 aliphatic heterocycles. The van der Waals surface area contributed by atoms with Crippen molar-refractivity contribution in [1.29, 1.82) is 0 Å². The van der Waals surface area contributed by atoms with Gasteiger partial charge in [-0.15, -0.1) is 0 Å². The summed E-state index contributed by atoms with van der Waals surface area (Å²) in [5.41, 5.74) is 2.42. The topological polar surface area (TPSA) is 77.2 Å². The van der Waals surface area contributed by atoms with Crippen LogP contribution in [0.4, 0.5) is 13.2 Å². The molecule has 1 amide bonds. The SMILES string of the molecule is O=C(NCC1CC(c2c(-c3ccc(F)cc3)[nH]c3c(F)cc(F)cc23)C1)[C@H]1NCC[C@H]1O. The Morgan fingerprint density at radius 1 is 1.09 bits per heavy atom. The van der Waals surface area contributed by atoms with Gasteiger partial charge in [0.1, 0.15) is 23.5 Å². The molecule has 8 heteroatoms. The van der Waals surface area contributed by atoms with Crippen LogP contribution in [0.1, 0.15) is 30.7 Å². The number of carbonyl (C=O) groups excluding carboxylic acids is 1. The molecular formula is C24H24F3N3O2. The highest BCUT2D eigenvalue weighted by Crippen LogP contribution is 2.48. The first-order valence-electron chi connectivity index (χ1n) is 10.9. The Morgan fingerprint density at radius 3 is 2.53 bits per heavy atom. The number of hydrogen-bond donors (Lipinski definition) is 4. The van der Waals surface area contributed by atoms with Crippen molar-refractivity contribution in [1.82, 2.24) is 15.6 Å². The highest BCUT2D eigenvalue weighted by molar-refractivity contribution is 5.92. The zero-order valence-electron chi connectivity index (χ0n) is 17.3. The number of nitrogens with one attached hydrogen (secondary N) is 3. The van der Waals surface area contributed by atoms with Crippen molar-refractivity contribution < 1.29 is 23.1 Å². The highest BCUT2D eigenvalue weighted by atomic mass is 19.1. The number of aliphatic hydroxyl groups excluding tert-OH is 1. The second kappa shape index (κ2) is 8.26. The van der Waals surface area contributed by atoms with Gasteiger partial charge in [-0.1, -0.05) is 0 Å². The summed E-state index contributed by atoms with van der Waals surface area (Å²) in [6.07, 6.45) is 1.39. The first kappa shape index (κ1) is 21.0. The summed E-state index contributed by atoms with van der Waals surface area (Å²) in [5, 5.41) is 16.2. The number of H-pyrrole nitrogens is 1. The number of aliphatic hydroxyl groups is 1. The molecule has 2 atom stereocenters. The quantitative estimate of drug-likeness (QED) is 0.487. The third-order valence-corrected chi connectivity index (χ3v) is 6.68. The van der Waals surface area contributed by atoms with Gasteiger partial charge >= 0.3 is 0 Å². The van der Waals surface area contributed by atoms with E-state index in [0.29, 0.717) is 36.2 Å². The van der Waals surface area contributed by atoms with E-state index in [2.05, 4.69) is 15.6 Å². The van der Waals surface area contributed by atoms with Crippen molar-refractivity contribution >= 4 is 16.8 Å². The standard InChI is InChI=1S/C24H24F3N3O2/c25-15-3-1-13(2-4-15)21-20(17-9-16(26)10-18(27)22(17)30-21)14-7-12(8-14)11-29-24(32)23-19(31)5-6-28-23/h1-4,9-10,12,14,19,23,28,30-31H,5-8,11H2,(H,29,32)/t12?,14?,19-,23+/m1/s1. The summed E-state index contributed by atoms with van der Waals surface area (Å²) in [6.45, 7) is 1.10. The minimum atomic E-state index is -0.668. The third kappa shape index (κ3) is 3.78. The van der Waals surface area contributed by atoms with Gasteiger partial charge in [-0.25, -0.2) is 13.2 Å². The molecule has 168 valence electrons. The second-order valence-electron chi connectivity index (χ2n) is 8.80. The number of fused-ring (bicyclic) bond motifs is 1. The monoisotopic (exact) mass is 443 g/mol. The molecule has 1 aromatic heterocycles. The number of rotatable bonds is 5. The van der Waals surface area contributed by atoms with Gasteiger partial charge in [-0.3, -0.25) is 4.79 Å². The van der Waals surface area contributed by atoms with Crippen molar-refractivity contribution in [2.24, 2.45) is 5.92 Å². The molecule has 32 heavy (non-hydrogen) atoms. The Bertz CT molecular complexity index is 1160. The van der Waals surface area contributed by atoms with Crippen LogP contribution >= 0.6 is 0 Å². The van der Waals surface area contributed by atoms with Gasteiger partial charge in [-0.05, 0) is 79.1 Å². The first-order chi connectivity index (χ1) is 15.4. The molecule has 1 saturated heterocycles. The van der Waals surface area contributed by atoms with E-state index in [1.807, 2.05) is 0 Å². The number of halogens is 3. The fraction of sp³-hybridized carbons (Fsp3) is 0.375. The Morgan fingerprint density at radius 2 is 1.84 bits per heavy atom. The van der Waals surface area contributed by atoms with E-state index in [1.54, 1.807) is 12.1 Å². The summed E-state index contributed by atoms with van der Waals surface area (Å²) in [6, 6.07) is 7.53. The molecule has 0 spiro atoms. The molecule has 5 rings (SSSR count). The lowest BCUT2D eigenvalue weighted by Crippen LogP contribution is -2.48. The van der Waals surface area contributed by atoms with E-state index in [9.17, 15) is 23.1 Å². The van der Waals surface area contributed by atoms with Crippen LogP contribution in [0.25, 0.3) is 22.2 Å². The predicted molar refractivity (Wildman–Crippen MR) is 114 cm³/mol. The van der Waals surface area contributed by atoms with E-state index in [4.69, 9.17) is 0 Å². The van der Waals surface area contributed by atoms with Crippen LogP contribution in [-0.2, 0) is 4.79 Å². The maximum Gasteiger partial charge on any atom is 0.239 e. The largest absolute Gasteiger partial charge is 0.391 e. The Balaban J connectivity index is 1.36. The van der Waals surface area contributed by atoms with E-state index < -0.39 is 23.8 Å². The van der Waals surface area contributed by atoms with Crippen molar-refractivity contribution in [3.05, 3.63) is 59.4 Å². The first-order valence-corrected chi connectivity index (χ1v) is 10.9. The highest BCUT2D eigenvalue weighted by Gasteiger charge is 2.36. The predicted octanol–water partition coefficient (Wildman–Crippen LogP) is 3.58. The van der Waals surface area contributed by atoms with Gasteiger partial charge in [-0.2, -0.15) is 0 Å². The van der Waals surface area contributed by atoms with Crippen LogP contribution in [0, 0.1) is 23.4 Å². The molecule has 0 radical (unpaired) electrons. The molecular weight excluding hydrogens is 419 g/mol. The molecule has 4 N–H and O–H groups in total. The van der Waals surface area contributed by atoms with Crippen molar-refractivity contribution in [3.63, 3.8) is 0 Å². The average molecular weight is 443 g/mol. The van der Waals surface area contributed by atoms with E-state index in [0.717, 1.165) is 24.5 Å². The lowest BCUT2D eigenvalue weighted by Gasteiger charge is -2.36. The number of aromatic amines is 1. The van der Waals surface area contributed by atoms with Gasteiger partial charge in [0.05, 0.1) is 17.3 Å². The van der Waals surface area contributed by atoms with Crippen molar-refractivity contribution in [3.8, 4) is 11.3 Å². The summed E-state index contributed by atoms with van der Waals surface area (Å²) < 4.78 is 41.9. The normalized spacial score (nSPS) is 25.1. The third-order valence-electron chi connectivity index (χ3n) is 6.68. The molecule has 0 bridgehead atoms. The molecule has 1 aliphatic carbocycles. The van der Waals surface area contributed by atoms with Crippen LogP contribution in [0.3, 0.4) is 0 Å². The summed E-state index contributed by atoms with van der Waals surface area (Å²) in [5.74, 6) is -1.60. The number of amides is 1. The zero-order chi connectivity index (χ0) is 22.4. The summed E-state index contributed by atoms with van der Waals surface area (Å²) in [7, 11) is 0. The Labute approximate surface area is 183 Å². The van der Waals surface area contributed by atoms with Gasteiger partial charge in [0.25, 0.3) is 0 Å². The van der Waals surface area contributed by atoms with E-state index in [-0.39, 0.29) is 29.1 Å². The molecule has 5 nitrogen and oxygen atoms in total. The second-order valence-corrected chi connectivity index (χ2v) is 8.80. The average Bonchev–Trinajstić information content (AvgIpc) is 3.31. The van der Waals surface area contributed by atoms with Crippen LogP contribution in [0.15, 0.2) is 36.4 Å². The molecule has 2 aliphatic rings. The van der Waals surface area contributed by atoms with Crippen molar-refractivity contribution in [2.75, 3.05) is 13.1 Å². The minimum Gasteiger partial charge on any atom is -0.391 e. The number of benzene rings is 2. The zero-order valence-corrected chi connectivity index (χ0v) is 17.3. The molecule has 0 unspecified atom stereocenters. The molecule has 2 aromatic carbocycles. The van der Waals surface area contributed by atoms with Gasteiger partial charge in [0.15, 0.2) is 0 Å². The number of hydrogen-bond acceptors (Lipinski definition) is 3. The molecule has 1 saturated carbocycles. The summed E-state index contributed by atoms with van der Waals surface area (Å²) >= 11 is 0. The van der Waals surface area contributed by atoms with Crippen LogP contribution < -0.4 is 10.6 Å². The van der Waals surface area contributed by atoms with Gasteiger partial charge in [0.2, 0.25) is 5.91 Å². The fourth-order valence-corrected chi connectivity index (χ4v) is 4.96. The Hall–Kier alpha value is -2.84. The van der Waals surface area contributed by atoms with E-state index >= 15 is 0 Å². The molecule has 2 fully saturated rings. The lowest BCUT2D eigenvalue weighted by molar-refractivity contribution is -0.125. The van der Waals surface area contributed by atoms with Gasteiger partial charge in [0, 0.05) is 18.0 Å². The maximum absolute atomic E-state index is 14.5. The fourth-order valence-electron chi connectivity index (χ4n) is 4.96. The molecule has 2 heterocycles. The Kier molecular flexibility index (Phi) is 5.43. The van der Waals surface area contributed by atoms with Crippen LogP contribution in [0.2, 0.25) is 0 Å².